The van der Waals surface area contributed by atoms with Gasteiger partial charge in [0.15, 0.2) is 5.96 Å². The molecule has 19 heavy (non-hydrogen) atoms. The summed E-state index contributed by atoms with van der Waals surface area (Å²) in [5.74, 6) is -0.370. The predicted octanol–water partition coefficient (Wildman–Crippen LogP) is 2.38. The highest BCUT2D eigenvalue weighted by molar-refractivity contribution is 5.78. The Labute approximate surface area is 111 Å². The molecule has 2 atom stereocenters. The summed E-state index contributed by atoms with van der Waals surface area (Å²) in [6.07, 6.45) is 0.676. The number of guanidine groups is 1. The zero-order chi connectivity index (χ0) is 14.0. The minimum Gasteiger partial charge on any atom is -0.370 e. The molecule has 3 nitrogen and oxygen atoms in total. The van der Waals surface area contributed by atoms with Crippen molar-refractivity contribution in [1.82, 2.24) is 5.32 Å². The molecule has 1 aliphatic rings. The highest BCUT2D eigenvalue weighted by Gasteiger charge is 2.42. The van der Waals surface area contributed by atoms with Gasteiger partial charge in [-0.05, 0) is 24.5 Å². The molecule has 2 rings (SSSR count). The molecule has 5 heteroatoms. The molecule has 2 unspecified atom stereocenters. The lowest BCUT2D eigenvalue weighted by Gasteiger charge is -2.07. The van der Waals surface area contributed by atoms with Crippen LogP contribution in [0.3, 0.4) is 0 Å². The summed E-state index contributed by atoms with van der Waals surface area (Å²) >= 11 is 0. The number of benzene rings is 1. The third kappa shape index (κ3) is 3.43. The van der Waals surface area contributed by atoms with Crippen LogP contribution >= 0.6 is 0 Å². The Morgan fingerprint density at radius 3 is 2.63 bits per heavy atom. The van der Waals surface area contributed by atoms with Gasteiger partial charge in [0, 0.05) is 24.1 Å². The quantitative estimate of drug-likeness (QED) is 0.650. The fourth-order valence-electron chi connectivity index (χ4n) is 2.06. The van der Waals surface area contributed by atoms with Gasteiger partial charge >= 0.3 is 0 Å². The molecule has 0 saturated heterocycles. The summed E-state index contributed by atoms with van der Waals surface area (Å²) in [7, 11) is 0. The van der Waals surface area contributed by atoms with Gasteiger partial charge in [0.1, 0.15) is 11.6 Å². The lowest BCUT2D eigenvalue weighted by atomic mass is 10.1. The standard InChI is InChI=1S/C14H19F2N3/c1-8(2)7-18-14(17)19-12-6-9(12)13-10(15)4-3-5-11(13)16/h3-5,8-9,12H,6-7H2,1-2H3,(H3,17,18,19). The summed E-state index contributed by atoms with van der Waals surface area (Å²) < 4.78 is 27.2. The van der Waals surface area contributed by atoms with Crippen molar-refractivity contribution in [1.29, 1.82) is 0 Å². The van der Waals surface area contributed by atoms with Crippen molar-refractivity contribution in [2.24, 2.45) is 16.6 Å². The van der Waals surface area contributed by atoms with E-state index in [0.29, 0.717) is 24.8 Å². The van der Waals surface area contributed by atoms with Crippen molar-refractivity contribution in [2.45, 2.75) is 32.2 Å². The molecule has 0 radical (unpaired) electrons. The highest BCUT2D eigenvalue weighted by atomic mass is 19.1. The van der Waals surface area contributed by atoms with E-state index in [1.807, 2.05) is 13.8 Å². The van der Waals surface area contributed by atoms with Gasteiger partial charge in [-0.1, -0.05) is 19.9 Å². The number of hydrogen-bond donors (Lipinski definition) is 2. The molecule has 0 aliphatic heterocycles. The molecule has 0 heterocycles. The van der Waals surface area contributed by atoms with Crippen molar-refractivity contribution in [3.63, 3.8) is 0 Å². The van der Waals surface area contributed by atoms with Crippen LogP contribution in [0.25, 0.3) is 0 Å². The Balaban J connectivity index is 1.96. The minimum atomic E-state index is -0.494. The molecule has 1 aliphatic carbocycles. The first kappa shape index (κ1) is 13.8. The summed E-state index contributed by atoms with van der Waals surface area (Å²) in [5, 5.41) is 3.01. The van der Waals surface area contributed by atoms with Gasteiger partial charge in [-0.3, -0.25) is 4.99 Å². The van der Waals surface area contributed by atoms with E-state index in [0.717, 1.165) is 0 Å². The van der Waals surface area contributed by atoms with Crippen LogP contribution < -0.4 is 11.1 Å². The van der Waals surface area contributed by atoms with Gasteiger partial charge in [0.05, 0.1) is 0 Å². The number of nitrogens with zero attached hydrogens (tertiary/aromatic N) is 1. The molecule has 0 bridgehead atoms. The molecular formula is C14H19F2N3. The second-order valence-corrected chi connectivity index (χ2v) is 5.35. The van der Waals surface area contributed by atoms with Crippen molar-refractivity contribution < 1.29 is 8.78 Å². The van der Waals surface area contributed by atoms with Crippen LogP contribution in [-0.4, -0.2) is 18.5 Å². The summed E-state index contributed by atoms with van der Waals surface area (Å²) in [4.78, 5) is 4.17. The third-order valence-electron chi connectivity index (χ3n) is 3.12. The molecule has 0 aromatic heterocycles. The lowest BCUT2D eigenvalue weighted by molar-refractivity contribution is 0.553. The zero-order valence-electron chi connectivity index (χ0n) is 11.2. The number of aliphatic imine (C=N–C) groups is 1. The first-order chi connectivity index (χ1) is 8.99. The largest absolute Gasteiger partial charge is 0.370 e. The Kier molecular flexibility index (Phi) is 4.02. The summed E-state index contributed by atoms with van der Waals surface area (Å²) in [5.41, 5.74) is 5.88. The minimum absolute atomic E-state index is 0.0256. The van der Waals surface area contributed by atoms with Crippen molar-refractivity contribution in [2.75, 3.05) is 6.54 Å². The van der Waals surface area contributed by atoms with E-state index in [1.165, 1.54) is 18.2 Å². The summed E-state index contributed by atoms with van der Waals surface area (Å²) in [6.45, 7) is 4.74. The molecule has 3 N–H and O–H groups in total. The first-order valence-electron chi connectivity index (χ1n) is 6.49. The molecule has 0 spiro atoms. The molecule has 1 saturated carbocycles. The molecule has 1 aromatic carbocycles. The maximum atomic E-state index is 13.6. The van der Waals surface area contributed by atoms with E-state index in [1.54, 1.807) is 0 Å². The van der Waals surface area contributed by atoms with Crippen LogP contribution in [-0.2, 0) is 0 Å². The summed E-state index contributed by atoms with van der Waals surface area (Å²) in [6, 6.07) is 3.91. The third-order valence-corrected chi connectivity index (χ3v) is 3.12. The first-order valence-corrected chi connectivity index (χ1v) is 6.49. The van der Waals surface area contributed by atoms with Crippen LogP contribution in [0.5, 0.6) is 0 Å². The van der Waals surface area contributed by atoms with Crippen LogP contribution in [0.2, 0.25) is 0 Å². The number of rotatable bonds is 4. The number of nitrogens with two attached hydrogens (primary N) is 1. The van der Waals surface area contributed by atoms with Gasteiger partial charge in [-0.25, -0.2) is 8.78 Å². The Hall–Kier alpha value is -1.65. The van der Waals surface area contributed by atoms with E-state index in [-0.39, 0.29) is 17.5 Å². The number of hydrogen-bond acceptors (Lipinski definition) is 1. The topological polar surface area (TPSA) is 50.4 Å². The van der Waals surface area contributed by atoms with E-state index < -0.39 is 11.6 Å². The highest BCUT2D eigenvalue weighted by Crippen LogP contribution is 2.42. The smallest absolute Gasteiger partial charge is 0.188 e. The normalized spacial score (nSPS) is 22.7. The van der Waals surface area contributed by atoms with Gasteiger partial charge in [-0.2, -0.15) is 0 Å². The Morgan fingerprint density at radius 2 is 2.05 bits per heavy atom. The molecule has 0 amide bonds. The van der Waals surface area contributed by atoms with Crippen molar-refractivity contribution >= 4 is 5.96 Å². The predicted molar refractivity (Wildman–Crippen MR) is 72.0 cm³/mol. The van der Waals surface area contributed by atoms with E-state index in [2.05, 4.69) is 10.3 Å². The van der Waals surface area contributed by atoms with Gasteiger partial charge in [0.25, 0.3) is 0 Å². The average Bonchev–Trinajstić information content (AvgIpc) is 3.05. The van der Waals surface area contributed by atoms with Crippen molar-refractivity contribution in [3.05, 3.63) is 35.4 Å². The average molecular weight is 267 g/mol. The maximum absolute atomic E-state index is 13.6. The second-order valence-electron chi connectivity index (χ2n) is 5.35. The number of halogens is 2. The van der Waals surface area contributed by atoms with Gasteiger partial charge in [0.2, 0.25) is 0 Å². The fourth-order valence-corrected chi connectivity index (χ4v) is 2.06. The van der Waals surface area contributed by atoms with Crippen LogP contribution in [0.4, 0.5) is 8.78 Å². The molecule has 104 valence electrons. The number of nitrogens with one attached hydrogen (secondary N) is 1. The SMILES string of the molecule is CC(C)CN=C(N)NC1CC1c1c(F)cccc1F. The lowest BCUT2D eigenvalue weighted by Crippen LogP contribution is -2.34. The van der Waals surface area contributed by atoms with E-state index in [9.17, 15) is 8.78 Å². The zero-order valence-corrected chi connectivity index (χ0v) is 11.2. The van der Waals surface area contributed by atoms with Gasteiger partial charge in [-0.15, -0.1) is 0 Å². The van der Waals surface area contributed by atoms with Crippen molar-refractivity contribution in [3.8, 4) is 0 Å². The maximum Gasteiger partial charge on any atom is 0.188 e. The van der Waals surface area contributed by atoms with E-state index in [4.69, 9.17) is 5.73 Å². The fraction of sp³-hybridized carbons (Fsp3) is 0.500. The molecular weight excluding hydrogens is 248 g/mol. The van der Waals surface area contributed by atoms with E-state index >= 15 is 0 Å². The van der Waals surface area contributed by atoms with Crippen LogP contribution in [0, 0.1) is 17.6 Å². The molecule has 1 aromatic rings. The monoisotopic (exact) mass is 267 g/mol. The van der Waals surface area contributed by atoms with Gasteiger partial charge < -0.3 is 11.1 Å². The molecule has 1 fully saturated rings. The Morgan fingerprint density at radius 1 is 1.42 bits per heavy atom. The second kappa shape index (κ2) is 5.55. The van der Waals surface area contributed by atoms with Crippen LogP contribution in [0.1, 0.15) is 31.7 Å². The van der Waals surface area contributed by atoms with Crippen LogP contribution in [0.15, 0.2) is 23.2 Å². The Bertz CT molecular complexity index is 465.